The van der Waals surface area contributed by atoms with Gasteiger partial charge in [-0.1, -0.05) is 0 Å². The molecule has 0 bridgehead atoms. The van der Waals surface area contributed by atoms with Gasteiger partial charge in [-0.25, -0.2) is 0 Å². The number of rotatable bonds is 15. The molecule has 0 atom stereocenters. The highest BCUT2D eigenvalue weighted by molar-refractivity contribution is 6.85. The Morgan fingerprint density at radius 1 is 0.844 bits per heavy atom. The van der Waals surface area contributed by atoms with Crippen LogP contribution < -0.4 is 4.74 Å². The van der Waals surface area contributed by atoms with E-state index in [0.29, 0.717) is 37.7 Å². The van der Waals surface area contributed by atoms with Crippen LogP contribution in [-0.4, -0.2) is 68.4 Å². The minimum absolute atomic E-state index is 0.320. The normalized spacial score (nSPS) is 13.3. The molecule has 0 fully saturated rings. The molecule has 0 saturated carbocycles. The Morgan fingerprint density at radius 3 is 1.84 bits per heavy atom. The number of carbonyl (C=O) groups excluding carboxylic acids is 1. The maximum absolute atomic E-state index is 12.0. The number of ketones is 1. The fourth-order valence-electron chi connectivity index (χ4n) is 2.99. The lowest BCUT2D eigenvalue weighted by Gasteiger charge is -2.37. The first-order chi connectivity index (χ1) is 14.5. The molecule has 1 aromatic rings. The summed E-state index contributed by atoms with van der Waals surface area (Å²) in [6, 6.07) is 6.74. The summed E-state index contributed by atoms with van der Waals surface area (Å²) in [4.78, 5) is 12.0. The molecular weight excluding hydrogens is 460 g/mol. The number of benzene rings is 1. The Balaban J connectivity index is 2.31. The fourth-order valence-corrected chi connectivity index (χ4v) is 13.4. The van der Waals surface area contributed by atoms with Crippen molar-refractivity contribution < 1.29 is 32.0 Å². The van der Waals surface area contributed by atoms with E-state index in [2.05, 4.69) is 39.3 Å². The zero-order valence-electron chi connectivity index (χ0n) is 21.2. The van der Waals surface area contributed by atoms with Crippen molar-refractivity contribution in [1.29, 1.82) is 0 Å². The van der Waals surface area contributed by atoms with Gasteiger partial charge in [0.2, 0.25) is 0 Å². The van der Waals surface area contributed by atoms with Crippen molar-refractivity contribution in [2.45, 2.75) is 71.7 Å². The van der Waals surface area contributed by atoms with E-state index in [-0.39, 0.29) is 5.78 Å². The van der Waals surface area contributed by atoms with Crippen molar-refractivity contribution in [3.63, 3.8) is 0 Å². The number of carbonyl (C=O) groups is 1. The predicted molar refractivity (Wildman–Crippen MR) is 134 cm³/mol. The first-order valence-corrected chi connectivity index (χ1v) is 20.2. The average molecular weight is 503 g/mol. The van der Waals surface area contributed by atoms with E-state index in [1.54, 1.807) is 24.3 Å². The van der Waals surface area contributed by atoms with Gasteiger partial charge in [0.1, 0.15) is 18.0 Å². The Hall–Kier alpha value is -0.859. The molecule has 1 rings (SSSR count). The van der Waals surface area contributed by atoms with Crippen molar-refractivity contribution >= 4 is 31.2 Å². The van der Waals surface area contributed by atoms with Crippen LogP contribution in [0, 0.1) is 0 Å². The van der Waals surface area contributed by atoms with Gasteiger partial charge >= 0.3 is 8.80 Å². The van der Waals surface area contributed by atoms with Gasteiger partial charge in [0.25, 0.3) is 0 Å². The highest BCUT2D eigenvalue weighted by Crippen LogP contribution is 2.22. The first-order valence-electron chi connectivity index (χ1n) is 11.1. The van der Waals surface area contributed by atoms with Gasteiger partial charge < -0.3 is 27.2 Å². The minimum atomic E-state index is -2.66. The summed E-state index contributed by atoms with van der Waals surface area (Å²) in [5.74, 6) is 0.331. The van der Waals surface area contributed by atoms with Gasteiger partial charge in [0.15, 0.2) is 22.4 Å². The van der Waals surface area contributed by atoms with Gasteiger partial charge in [-0.3, -0.25) is 4.79 Å². The number of hydrogen-bond donors (Lipinski definition) is 1. The molecule has 0 aliphatic heterocycles. The van der Waals surface area contributed by atoms with E-state index in [1.807, 2.05) is 6.55 Å². The summed E-state index contributed by atoms with van der Waals surface area (Å²) in [5, 5.41) is 9.80. The number of Topliss-reactive ketones (excluding diaryl/α,β-unsaturated/α-hetero) is 1. The molecule has 0 aliphatic rings. The molecule has 1 aromatic carbocycles. The Kier molecular flexibility index (Phi) is 11.0. The Bertz CT molecular complexity index is 688. The smallest absolute Gasteiger partial charge is 0.476 e. The van der Waals surface area contributed by atoms with E-state index in [9.17, 15) is 9.90 Å². The molecule has 184 valence electrons. The van der Waals surface area contributed by atoms with Crippen LogP contribution in [0.2, 0.25) is 45.8 Å². The van der Waals surface area contributed by atoms with Crippen LogP contribution in [-0.2, 0) is 17.4 Å². The SMILES string of the molecule is CC(C)(O)C(=O)c1ccc(OCCOCCCO[Si](C)(O[Si](C)(C)C)O[Si](C)(C)C)cc1. The van der Waals surface area contributed by atoms with Crippen molar-refractivity contribution in [2.75, 3.05) is 26.4 Å². The molecule has 0 saturated heterocycles. The molecule has 1 N–H and O–H groups in total. The number of aliphatic hydroxyl groups is 1. The first kappa shape index (κ1) is 29.2. The lowest BCUT2D eigenvalue weighted by atomic mass is 9.97. The lowest BCUT2D eigenvalue weighted by molar-refractivity contribution is 0.0488. The van der Waals surface area contributed by atoms with Crippen LogP contribution in [0.1, 0.15) is 30.6 Å². The van der Waals surface area contributed by atoms with Gasteiger partial charge in [0, 0.05) is 25.3 Å². The van der Waals surface area contributed by atoms with Crippen LogP contribution in [0.5, 0.6) is 5.75 Å². The maximum atomic E-state index is 12.0. The molecule has 10 heteroatoms. The molecule has 0 aromatic heterocycles. The van der Waals surface area contributed by atoms with Crippen LogP contribution in [0.3, 0.4) is 0 Å². The van der Waals surface area contributed by atoms with E-state index >= 15 is 0 Å². The van der Waals surface area contributed by atoms with E-state index in [0.717, 1.165) is 6.42 Å². The zero-order valence-corrected chi connectivity index (χ0v) is 24.2. The average Bonchev–Trinajstić information content (AvgIpc) is 2.59. The number of ether oxygens (including phenoxy) is 2. The molecule has 7 nitrogen and oxygen atoms in total. The third-order valence-electron chi connectivity index (χ3n) is 3.95. The van der Waals surface area contributed by atoms with Crippen LogP contribution in [0.25, 0.3) is 0 Å². The summed E-state index contributed by atoms with van der Waals surface area (Å²) in [5.41, 5.74) is -0.936. The van der Waals surface area contributed by atoms with Gasteiger partial charge in [-0.15, -0.1) is 0 Å². The maximum Gasteiger partial charge on any atom is 0.476 e. The van der Waals surface area contributed by atoms with Gasteiger partial charge in [-0.05, 0) is 83.8 Å². The third kappa shape index (κ3) is 12.4. The Labute approximate surface area is 197 Å². The van der Waals surface area contributed by atoms with Crippen molar-refractivity contribution in [3.8, 4) is 5.75 Å². The summed E-state index contributed by atoms with van der Waals surface area (Å²) in [7, 11) is -6.21. The summed E-state index contributed by atoms with van der Waals surface area (Å²) < 4.78 is 30.0. The molecular formula is C22H42O7Si3. The van der Waals surface area contributed by atoms with Crippen molar-refractivity contribution in [2.24, 2.45) is 0 Å². The predicted octanol–water partition coefficient (Wildman–Crippen LogP) is 4.71. The van der Waals surface area contributed by atoms with E-state index in [4.69, 9.17) is 22.1 Å². The molecule has 0 unspecified atom stereocenters. The summed E-state index contributed by atoms with van der Waals surface area (Å²) in [6.07, 6.45) is 0.750. The largest absolute Gasteiger partial charge is 0.491 e. The molecule has 0 radical (unpaired) electrons. The molecule has 0 heterocycles. The minimum Gasteiger partial charge on any atom is -0.491 e. The van der Waals surface area contributed by atoms with E-state index < -0.39 is 31.0 Å². The van der Waals surface area contributed by atoms with Crippen LogP contribution in [0.15, 0.2) is 24.3 Å². The number of hydrogen-bond acceptors (Lipinski definition) is 7. The second kappa shape index (κ2) is 12.0. The van der Waals surface area contributed by atoms with E-state index in [1.165, 1.54) is 13.8 Å². The Morgan fingerprint density at radius 2 is 1.38 bits per heavy atom. The molecule has 32 heavy (non-hydrogen) atoms. The highest BCUT2D eigenvalue weighted by atomic mass is 28.5. The summed E-state index contributed by atoms with van der Waals surface area (Å²) >= 11 is 0. The van der Waals surface area contributed by atoms with Crippen LogP contribution in [0.4, 0.5) is 0 Å². The van der Waals surface area contributed by atoms with Crippen molar-refractivity contribution in [1.82, 2.24) is 0 Å². The fraction of sp³-hybridized carbons (Fsp3) is 0.682. The monoisotopic (exact) mass is 502 g/mol. The molecule has 0 aliphatic carbocycles. The summed E-state index contributed by atoms with van der Waals surface area (Å²) in [6.45, 7) is 19.8. The molecule has 0 amide bonds. The van der Waals surface area contributed by atoms with Crippen molar-refractivity contribution in [3.05, 3.63) is 29.8 Å². The second-order valence-electron chi connectivity index (χ2n) is 10.4. The molecule has 0 spiro atoms. The zero-order chi connectivity index (χ0) is 24.6. The van der Waals surface area contributed by atoms with Crippen LogP contribution >= 0.6 is 0 Å². The second-order valence-corrected chi connectivity index (χ2v) is 22.5. The highest BCUT2D eigenvalue weighted by Gasteiger charge is 2.42. The lowest BCUT2D eigenvalue weighted by Crippen LogP contribution is -2.54. The third-order valence-corrected chi connectivity index (χ3v) is 12.5. The van der Waals surface area contributed by atoms with Gasteiger partial charge in [0.05, 0.1) is 6.61 Å². The standard InChI is InChI=1S/C22H42O7Si3/c1-22(2,24)21(23)19-11-13-20(14-12-19)26-18-17-25-15-10-16-27-32(9,28-30(3,4)5)29-31(6,7)8/h11-14,24H,10,15-18H2,1-9H3. The topological polar surface area (TPSA) is 83.5 Å². The van der Waals surface area contributed by atoms with Gasteiger partial charge in [-0.2, -0.15) is 0 Å². The quantitative estimate of drug-likeness (QED) is 0.211.